The standard InChI is InChI=1S/C17H26N6O/c1-21-15-14(11-20-21)16(19-13-18-15)23-9-7-22(8-10-23)12-17(24)5-3-2-4-6-17/h11,13,24H,2-10,12H2,1H3. The van der Waals surface area contributed by atoms with E-state index < -0.39 is 5.60 Å². The first-order valence-electron chi connectivity index (χ1n) is 8.97. The number of nitrogens with zero attached hydrogens (tertiary/aromatic N) is 6. The molecule has 0 unspecified atom stereocenters. The molecule has 0 aromatic carbocycles. The van der Waals surface area contributed by atoms with Crippen LogP contribution in [0.25, 0.3) is 11.0 Å². The second-order valence-electron chi connectivity index (χ2n) is 7.25. The average molecular weight is 330 g/mol. The van der Waals surface area contributed by atoms with Gasteiger partial charge in [-0.3, -0.25) is 9.58 Å². The van der Waals surface area contributed by atoms with Crippen LogP contribution in [0.4, 0.5) is 5.82 Å². The maximum Gasteiger partial charge on any atom is 0.163 e. The van der Waals surface area contributed by atoms with Crippen molar-refractivity contribution in [2.24, 2.45) is 7.05 Å². The van der Waals surface area contributed by atoms with Gasteiger partial charge >= 0.3 is 0 Å². The first-order chi connectivity index (χ1) is 11.6. The van der Waals surface area contributed by atoms with Crippen LogP contribution in [0.2, 0.25) is 0 Å². The van der Waals surface area contributed by atoms with Crippen LogP contribution in [-0.2, 0) is 7.05 Å². The minimum atomic E-state index is -0.466. The lowest BCUT2D eigenvalue weighted by atomic mass is 9.84. The van der Waals surface area contributed by atoms with Crippen molar-refractivity contribution >= 4 is 16.9 Å². The third-order valence-electron chi connectivity index (χ3n) is 5.48. The minimum Gasteiger partial charge on any atom is -0.389 e. The summed E-state index contributed by atoms with van der Waals surface area (Å²) in [5.41, 5.74) is 0.408. The number of β-amino-alcohol motifs (C(OH)–C–C–N with tert-alkyl or cyclic N) is 1. The van der Waals surface area contributed by atoms with Crippen molar-refractivity contribution in [3.63, 3.8) is 0 Å². The molecule has 2 aliphatic rings. The number of fused-ring (bicyclic) bond motifs is 1. The monoisotopic (exact) mass is 330 g/mol. The second-order valence-corrected chi connectivity index (χ2v) is 7.25. The summed E-state index contributed by atoms with van der Waals surface area (Å²) in [4.78, 5) is 13.5. The molecule has 0 bridgehead atoms. The van der Waals surface area contributed by atoms with E-state index in [9.17, 15) is 5.11 Å². The summed E-state index contributed by atoms with van der Waals surface area (Å²) >= 11 is 0. The summed E-state index contributed by atoms with van der Waals surface area (Å²) in [6.07, 6.45) is 8.97. The first kappa shape index (κ1) is 15.8. The van der Waals surface area contributed by atoms with Crippen LogP contribution in [0.5, 0.6) is 0 Å². The van der Waals surface area contributed by atoms with Gasteiger partial charge in [0.2, 0.25) is 0 Å². The Morgan fingerprint density at radius 1 is 1.08 bits per heavy atom. The Hall–Kier alpha value is -1.73. The van der Waals surface area contributed by atoms with Crippen molar-refractivity contribution < 1.29 is 5.11 Å². The molecular formula is C17H26N6O. The highest BCUT2D eigenvalue weighted by Gasteiger charge is 2.32. The van der Waals surface area contributed by atoms with Crippen molar-refractivity contribution in [2.45, 2.75) is 37.7 Å². The third-order valence-corrected chi connectivity index (χ3v) is 5.48. The molecular weight excluding hydrogens is 304 g/mol. The van der Waals surface area contributed by atoms with Crippen LogP contribution < -0.4 is 4.90 Å². The van der Waals surface area contributed by atoms with E-state index in [2.05, 4.69) is 24.9 Å². The van der Waals surface area contributed by atoms with Crippen LogP contribution in [0.15, 0.2) is 12.5 Å². The summed E-state index contributed by atoms with van der Waals surface area (Å²) < 4.78 is 1.79. The highest BCUT2D eigenvalue weighted by molar-refractivity contribution is 5.86. The number of anilines is 1. The van der Waals surface area contributed by atoms with E-state index in [0.717, 1.165) is 75.3 Å². The van der Waals surface area contributed by atoms with E-state index in [0.29, 0.717) is 0 Å². The molecule has 24 heavy (non-hydrogen) atoms. The molecule has 0 amide bonds. The van der Waals surface area contributed by atoms with E-state index in [1.165, 1.54) is 6.42 Å². The molecule has 7 nitrogen and oxygen atoms in total. The fourth-order valence-corrected chi connectivity index (χ4v) is 4.10. The lowest BCUT2D eigenvalue weighted by molar-refractivity contribution is -0.0271. The second kappa shape index (κ2) is 6.29. The molecule has 2 fully saturated rings. The molecule has 1 saturated heterocycles. The Kier molecular flexibility index (Phi) is 4.14. The number of hydrogen-bond acceptors (Lipinski definition) is 6. The minimum absolute atomic E-state index is 0.466. The SMILES string of the molecule is Cn1ncc2c(N3CCN(CC4(O)CCCCC4)CC3)ncnc21. The van der Waals surface area contributed by atoms with Gasteiger partial charge in [-0.2, -0.15) is 5.10 Å². The Labute approximate surface area is 142 Å². The molecule has 130 valence electrons. The maximum atomic E-state index is 10.8. The Balaban J connectivity index is 1.42. The quantitative estimate of drug-likeness (QED) is 0.911. The van der Waals surface area contributed by atoms with Gasteiger partial charge in [-0.25, -0.2) is 9.97 Å². The molecule has 2 aromatic heterocycles. The van der Waals surface area contributed by atoms with Crippen LogP contribution in [0, 0.1) is 0 Å². The zero-order chi connectivity index (χ0) is 16.6. The average Bonchev–Trinajstić information content (AvgIpc) is 2.97. The molecule has 1 saturated carbocycles. The fraction of sp³-hybridized carbons (Fsp3) is 0.706. The van der Waals surface area contributed by atoms with E-state index in [1.807, 2.05) is 13.2 Å². The van der Waals surface area contributed by atoms with Crippen molar-refractivity contribution in [1.29, 1.82) is 0 Å². The van der Waals surface area contributed by atoms with Crippen LogP contribution in [-0.4, -0.2) is 68.1 Å². The lowest BCUT2D eigenvalue weighted by Crippen LogP contribution is -2.52. The largest absolute Gasteiger partial charge is 0.389 e. The number of aliphatic hydroxyl groups is 1. The molecule has 2 aromatic rings. The predicted octanol–water partition coefficient (Wildman–Crippen LogP) is 1.18. The van der Waals surface area contributed by atoms with E-state index in [4.69, 9.17) is 0 Å². The smallest absolute Gasteiger partial charge is 0.163 e. The Morgan fingerprint density at radius 2 is 1.83 bits per heavy atom. The normalized spacial score (nSPS) is 22.2. The first-order valence-corrected chi connectivity index (χ1v) is 8.97. The van der Waals surface area contributed by atoms with Gasteiger partial charge < -0.3 is 10.0 Å². The molecule has 4 rings (SSSR count). The van der Waals surface area contributed by atoms with Gasteiger partial charge in [-0.05, 0) is 12.8 Å². The molecule has 0 atom stereocenters. The molecule has 1 aliphatic heterocycles. The summed E-state index contributed by atoms with van der Waals surface area (Å²) in [5.74, 6) is 0.976. The van der Waals surface area contributed by atoms with E-state index in [1.54, 1.807) is 11.0 Å². The van der Waals surface area contributed by atoms with Gasteiger partial charge in [0.1, 0.15) is 12.1 Å². The number of aryl methyl sites for hydroxylation is 1. The summed E-state index contributed by atoms with van der Waals surface area (Å²) in [7, 11) is 1.90. The van der Waals surface area contributed by atoms with Crippen molar-refractivity contribution in [1.82, 2.24) is 24.6 Å². The third kappa shape index (κ3) is 2.98. The molecule has 7 heteroatoms. The Bertz CT molecular complexity index is 700. The van der Waals surface area contributed by atoms with Crippen LogP contribution >= 0.6 is 0 Å². The zero-order valence-electron chi connectivity index (χ0n) is 14.4. The highest BCUT2D eigenvalue weighted by Crippen LogP contribution is 2.29. The Morgan fingerprint density at radius 3 is 2.58 bits per heavy atom. The highest BCUT2D eigenvalue weighted by atomic mass is 16.3. The predicted molar refractivity (Wildman–Crippen MR) is 93.0 cm³/mol. The van der Waals surface area contributed by atoms with Gasteiger partial charge in [-0.1, -0.05) is 19.3 Å². The molecule has 3 heterocycles. The van der Waals surface area contributed by atoms with Crippen LogP contribution in [0.1, 0.15) is 32.1 Å². The number of rotatable bonds is 3. The fourth-order valence-electron chi connectivity index (χ4n) is 4.10. The van der Waals surface area contributed by atoms with Gasteiger partial charge in [0.05, 0.1) is 17.2 Å². The number of aromatic nitrogens is 4. The topological polar surface area (TPSA) is 70.3 Å². The van der Waals surface area contributed by atoms with Crippen molar-refractivity contribution in [3.8, 4) is 0 Å². The lowest BCUT2D eigenvalue weighted by Gasteiger charge is -2.41. The molecule has 1 aliphatic carbocycles. The number of hydrogen-bond donors (Lipinski definition) is 1. The van der Waals surface area contributed by atoms with Gasteiger partial charge in [0.25, 0.3) is 0 Å². The maximum absolute atomic E-state index is 10.8. The summed E-state index contributed by atoms with van der Waals surface area (Å²) in [6, 6.07) is 0. The van der Waals surface area contributed by atoms with Gasteiger partial charge in [0, 0.05) is 39.8 Å². The molecule has 0 radical (unpaired) electrons. The summed E-state index contributed by atoms with van der Waals surface area (Å²) in [5, 5.41) is 16.1. The summed E-state index contributed by atoms with van der Waals surface area (Å²) in [6.45, 7) is 4.60. The zero-order valence-corrected chi connectivity index (χ0v) is 14.4. The number of piperazine rings is 1. The van der Waals surface area contributed by atoms with Gasteiger partial charge in [-0.15, -0.1) is 0 Å². The van der Waals surface area contributed by atoms with Crippen molar-refractivity contribution in [2.75, 3.05) is 37.6 Å². The van der Waals surface area contributed by atoms with E-state index in [-0.39, 0.29) is 0 Å². The van der Waals surface area contributed by atoms with Crippen molar-refractivity contribution in [3.05, 3.63) is 12.5 Å². The molecule has 1 N–H and O–H groups in total. The molecule has 0 spiro atoms. The van der Waals surface area contributed by atoms with Crippen LogP contribution in [0.3, 0.4) is 0 Å². The van der Waals surface area contributed by atoms with Gasteiger partial charge in [0.15, 0.2) is 5.65 Å². The van der Waals surface area contributed by atoms with E-state index >= 15 is 0 Å².